The van der Waals surface area contributed by atoms with Crippen LogP contribution in [0, 0.1) is 0 Å². The van der Waals surface area contributed by atoms with Crippen LogP contribution < -0.4 is 5.32 Å². The molecule has 0 bridgehead atoms. The fourth-order valence-electron chi connectivity index (χ4n) is 3.76. The Morgan fingerprint density at radius 2 is 2.03 bits per heavy atom. The summed E-state index contributed by atoms with van der Waals surface area (Å²) in [5.74, 6) is 1.39. The molecule has 2 N–H and O–H groups in total. The first-order chi connectivity index (χ1) is 14.2. The van der Waals surface area contributed by atoms with Crippen molar-refractivity contribution in [3.63, 3.8) is 0 Å². The molecular formula is C20H22ClN7O. The van der Waals surface area contributed by atoms with Crippen molar-refractivity contribution in [2.75, 3.05) is 31.6 Å². The van der Waals surface area contributed by atoms with Crippen LogP contribution in [-0.4, -0.2) is 56.2 Å². The molecule has 0 atom stereocenters. The van der Waals surface area contributed by atoms with E-state index in [-0.39, 0.29) is 0 Å². The van der Waals surface area contributed by atoms with Gasteiger partial charge in [-0.25, -0.2) is 4.68 Å². The van der Waals surface area contributed by atoms with Crippen molar-refractivity contribution in [3.8, 4) is 0 Å². The Balaban J connectivity index is 1.37. The molecule has 8 nitrogen and oxygen atoms in total. The Kier molecular flexibility index (Phi) is 4.73. The summed E-state index contributed by atoms with van der Waals surface area (Å²) in [7, 11) is 1.88. The van der Waals surface area contributed by atoms with Crippen LogP contribution in [0.4, 0.5) is 11.6 Å². The van der Waals surface area contributed by atoms with Crippen LogP contribution in [-0.2, 0) is 11.8 Å². The molecule has 1 fully saturated rings. The predicted octanol–water partition coefficient (Wildman–Crippen LogP) is 3.48. The first-order valence-corrected chi connectivity index (χ1v) is 10.1. The average molecular weight is 412 g/mol. The largest absolute Gasteiger partial charge is 0.378 e. The van der Waals surface area contributed by atoms with Crippen molar-refractivity contribution in [1.82, 2.24) is 29.9 Å². The van der Waals surface area contributed by atoms with Crippen molar-refractivity contribution in [2.24, 2.45) is 7.05 Å². The number of rotatable bonds is 4. The second kappa shape index (κ2) is 7.53. The third-order valence-corrected chi connectivity index (χ3v) is 5.81. The van der Waals surface area contributed by atoms with Gasteiger partial charge in [0.1, 0.15) is 0 Å². The average Bonchev–Trinajstić information content (AvgIpc) is 3.38. The Bertz CT molecular complexity index is 1110. The standard InChI is InChI=1S/C20H22ClN7O/c1-27-20(23-17-7-6-16-15(18(17)21)12-22-25-16)24-19(26-27)13-2-4-14(5-3-13)28-8-10-29-11-9-28/h2,4,6-7,12H,3,5,8-11H2,1H3,(H,22,25)(H,23,24,26). The molecule has 0 radical (unpaired) electrons. The Morgan fingerprint density at radius 3 is 2.83 bits per heavy atom. The molecular weight excluding hydrogens is 390 g/mol. The summed E-state index contributed by atoms with van der Waals surface area (Å²) in [5, 5.41) is 16.3. The van der Waals surface area contributed by atoms with Gasteiger partial charge in [-0.1, -0.05) is 17.7 Å². The number of halogens is 1. The molecule has 29 heavy (non-hydrogen) atoms. The van der Waals surface area contributed by atoms with Crippen LogP contribution in [0.3, 0.4) is 0 Å². The fourth-order valence-corrected chi connectivity index (χ4v) is 4.02. The molecule has 2 aliphatic rings. The van der Waals surface area contributed by atoms with Crippen molar-refractivity contribution in [3.05, 3.63) is 47.0 Å². The molecule has 1 saturated heterocycles. The fraction of sp³-hybridized carbons (Fsp3) is 0.350. The number of benzene rings is 1. The molecule has 1 aromatic carbocycles. The number of morpholine rings is 1. The van der Waals surface area contributed by atoms with E-state index in [0.29, 0.717) is 11.0 Å². The Morgan fingerprint density at radius 1 is 1.17 bits per heavy atom. The van der Waals surface area contributed by atoms with Gasteiger partial charge in [0, 0.05) is 31.2 Å². The van der Waals surface area contributed by atoms with Crippen LogP contribution >= 0.6 is 11.6 Å². The van der Waals surface area contributed by atoms with Crippen molar-refractivity contribution in [2.45, 2.75) is 12.8 Å². The molecule has 0 amide bonds. The number of H-pyrrole nitrogens is 1. The first kappa shape index (κ1) is 18.2. The number of anilines is 2. The lowest BCUT2D eigenvalue weighted by Crippen LogP contribution is -2.35. The van der Waals surface area contributed by atoms with Gasteiger partial charge < -0.3 is 15.0 Å². The first-order valence-electron chi connectivity index (χ1n) is 9.71. The zero-order valence-electron chi connectivity index (χ0n) is 16.2. The van der Waals surface area contributed by atoms with Gasteiger partial charge in [-0.2, -0.15) is 10.1 Å². The van der Waals surface area contributed by atoms with Gasteiger partial charge in [0.15, 0.2) is 5.82 Å². The van der Waals surface area contributed by atoms with E-state index in [1.165, 1.54) is 5.70 Å². The van der Waals surface area contributed by atoms with Crippen molar-refractivity contribution >= 4 is 39.7 Å². The Hall–Kier alpha value is -2.84. The molecule has 0 unspecified atom stereocenters. The van der Waals surface area contributed by atoms with E-state index in [1.807, 2.05) is 19.2 Å². The summed E-state index contributed by atoms with van der Waals surface area (Å²) in [6.45, 7) is 3.54. The van der Waals surface area contributed by atoms with E-state index in [1.54, 1.807) is 10.9 Å². The quantitative estimate of drug-likeness (QED) is 0.683. The normalized spacial score (nSPS) is 17.4. The van der Waals surface area contributed by atoms with Gasteiger partial charge in [-0.15, -0.1) is 5.10 Å². The van der Waals surface area contributed by atoms with Gasteiger partial charge in [-0.05, 0) is 36.6 Å². The molecule has 2 aromatic heterocycles. The maximum Gasteiger partial charge on any atom is 0.225 e. The molecule has 150 valence electrons. The zero-order chi connectivity index (χ0) is 19.8. The number of ether oxygens (including phenoxy) is 1. The topological polar surface area (TPSA) is 83.9 Å². The highest BCUT2D eigenvalue weighted by Gasteiger charge is 2.19. The number of aromatic nitrogens is 5. The number of hydrogen-bond acceptors (Lipinski definition) is 6. The number of nitrogens with one attached hydrogen (secondary N) is 2. The molecule has 3 aromatic rings. The lowest BCUT2D eigenvalue weighted by atomic mass is 10.0. The number of aryl methyl sites for hydroxylation is 1. The number of hydrogen-bond donors (Lipinski definition) is 2. The SMILES string of the molecule is Cn1nc(C2=CC=C(N3CCOCC3)CC2)nc1Nc1ccc2[nH]ncc2c1Cl. The van der Waals surface area contributed by atoms with E-state index in [4.69, 9.17) is 21.3 Å². The van der Waals surface area contributed by atoms with Crippen molar-refractivity contribution < 1.29 is 4.74 Å². The van der Waals surface area contributed by atoms with Crippen LogP contribution in [0.2, 0.25) is 5.02 Å². The van der Waals surface area contributed by atoms with Gasteiger partial charge in [-0.3, -0.25) is 5.10 Å². The smallest absolute Gasteiger partial charge is 0.225 e. The Labute approximate surface area is 173 Å². The predicted molar refractivity (Wildman–Crippen MR) is 113 cm³/mol. The minimum Gasteiger partial charge on any atom is -0.378 e. The molecule has 5 rings (SSSR count). The van der Waals surface area contributed by atoms with Gasteiger partial charge >= 0.3 is 0 Å². The molecule has 1 aliphatic heterocycles. The highest BCUT2D eigenvalue weighted by molar-refractivity contribution is 6.38. The summed E-state index contributed by atoms with van der Waals surface area (Å²) in [5.41, 5.74) is 4.18. The van der Waals surface area contributed by atoms with Crippen LogP contribution in [0.5, 0.6) is 0 Å². The maximum atomic E-state index is 6.52. The third kappa shape index (κ3) is 3.49. The lowest BCUT2D eigenvalue weighted by Gasteiger charge is -2.32. The van der Waals surface area contributed by atoms with E-state index in [9.17, 15) is 0 Å². The van der Waals surface area contributed by atoms with Crippen LogP contribution in [0.25, 0.3) is 16.5 Å². The number of fused-ring (bicyclic) bond motifs is 1. The molecule has 1 aliphatic carbocycles. The van der Waals surface area contributed by atoms with E-state index in [0.717, 1.165) is 67.1 Å². The number of nitrogens with zero attached hydrogens (tertiary/aromatic N) is 5. The minimum atomic E-state index is 0.607. The van der Waals surface area contributed by atoms with Gasteiger partial charge in [0.25, 0.3) is 0 Å². The zero-order valence-corrected chi connectivity index (χ0v) is 16.9. The highest BCUT2D eigenvalue weighted by Crippen LogP contribution is 2.32. The van der Waals surface area contributed by atoms with Gasteiger partial charge in [0.05, 0.1) is 35.6 Å². The van der Waals surface area contributed by atoms with E-state index >= 15 is 0 Å². The van der Waals surface area contributed by atoms with Crippen molar-refractivity contribution in [1.29, 1.82) is 0 Å². The second-order valence-corrected chi connectivity index (χ2v) is 7.59. The van der Waals surface area contributed by atoms with Crippen LogP contribution in [0.1, 0.15) is 18.7 Å². The summed E-state index contributed by atoms with van der Waals surface area (Å²) >= 11 is 6.52. The van der Waals surface area contributed by atoms with Crippen LogP contribution in [0.15, 0.2) is 36.2 Å². The third-order valence-electron chi connectivity index (χ3n) is 5.40. The van der Waals surface area contributed by atoms with Gasteiger partial charge in [0.2, 0.25) is 5.95 Å². The maximum absolute atomic E-state index is 6.52. The second-order valence-electron chi connectivity index (χ2n) is 7.22. The summed E-state index contributed by atoms with van der Waals surface area (Å²) in [4.78, 5) is 7.11. The minimum absolute atomic E-state index is 0.607. The summed E-state index contributed by atoms with van der Waals surface area (Å²) in [6.07, 6.45) is 7.97. The van der Waals surface area contributed by atoms with E-state index < -0.39 is 0 Å². The molecule has 9 heteroatoms. The highest BCUT2D eigenvalue weighted by atomic mass is 35.5. The summed E-state index contributed by atoms with van der Waals surface area (Å²) < 4.78 is 7.19. The van der Waals surface area contributed by atoms with E-state index in [2.05, 4.69) is 37.7 Å². The monoisotopic (exact) mass is 411 g/mol. The molecule has 0 saturated carbocycles. The summed E-state index contributed by atoms with van der Waals surface area (Å²) in [6, 6.07) is 3.85. The number of aromatic amines is 1. The molecule has 0 spiro atoms. The lowest BCUT2D eigenvalue weighted by molar-refractivity contribution is 0.0521. The molecule has 3 heterocycles. The number of allylic oxidation sites excluding steroid dienone is 4.